The van der Waals surface area contributed by atoms with Crippen LogP contribution >= 0.6 is 0 Å². The van der Waals surface area contributed by atoms with Crippen LogP contribution in [0.25, 0.3) is 0 Å². The van der Waals surface area contributed by atoms with Crippen LogP contribution in [0.4, 0.5) is 0 Å². The zero-order valence-electron chi connectivity index (χ0n) is 16.6. The Morgan fingerprint density at radius 1 is 0.897 bits per heavy atom. The van der Waals surface area contributed by atoms with Crippen molar-refractivity contribution in [1.82, 2.24) is 10.7 Å². The van der Waals surface area contributed by atoms with E-state index in [9.17, 15) is 9.59 Å². The van der Waals surface area contributed by atoms with Gasteiger partial charge in [0.05, 0.1) is 41.2 Å². The molecule has 9 nitrogen and oxygen atoms in total. The fourth-order valence-corrected chi connectivity index (χ4v) is 2.39. The molecule has 0 aromatic heterocycles. The molecule has 0 aliphatic heterocycles. The number of rotatable bonds is 9. The molecule has 0 aliphatic rings. The summed E-state index contributed by atoms with van der Waals surface area (Å²) in [6, 6.07) is 9.90. The van der Waals surface area contributed by atoms with E-state index in [1.165, 1.54) is 33.6 Å². The van der Waals surface area contributed by atoms with E-state index in [0.29, 0.717) is 34.1 Å². The molecule has 0 saturated carbocycles. The summed E-state index contributed by atoms with van der Waals surface area (Å²) in [6.07, 6.45) is 1.43. The number of methoxy groups -OCH3 is 4. The fraction of sp³-hybridized carbons (Fsp3) is 0.250. The number of hydrogen-bond donors (Lipinski definition) is 2. The van der Waals surface area contributed by atoms with Gasteiger partial charge in [0, 0.05) is 11.1 Å². The molecule has 2 amide bonds. The van der Waals surface area contributed by atoms with Gasteiger partial charge < -0.3 is 24.3 Å². The average molecular weight is 401 g/mol. The van der Waals surface area contributed by atoms with Gasteiger partial charge in [-0.15, -0.1) is 0 Å². The van der Waals surface area contributed by atoms with E-state index in [0.717, 1.165) is 0 Å². The Morgan fingerprint density at radius 2 is 1.59 bits per heavy atom. The molecule has 2 aromatic carbocycles. The molecule has 2 rings (SSSR count). The molecule has 0 aliphatic carbocycles. The number of hydrogen-bond acceptors (Lipinski definition) is 7. The standard InChI is InChI=1S/C20H23N3O6/c1-26-15-6-8-16(27-2)14(9-15)11-22-23-19(24)12-21-20(25)13-5-7-17(28-3)18(10-13)29-4/h5-11H,12H2,1-4H3,(H,21,25)(H,23,24)/b22-11-. The minimum absolute atomic E-state index is 0.250. The zero-order chi connectivity index (χ0) is 21.2. The molecule has 2 N–H and O–H groups in total. The van der Waals surface area contributed by atoms with E-state index in [1.54, 1.807) is 37.4 Å². The summed E-state index contributed by atoms with van der Waals surface area (Å²) in [7, 11) is 6.05. The van der Waals surface area contributed by atoms with Gasteiger partial charge in [-0.3, -0.25) is 9.59 Å². The lowest BCUT2D eigenvalue weighted by Gasteiger charge is -2.09. The van der Waals surface area contributed by atoms with Crippen molar-refractivity contribution >= 4 is 18.0 Å². The molecule has 0 atom stereocenters. The fourth-order valence-electron chi connectivity index (χ4n) is 2.39. The Bertz CT molecular complexity index is 898. The number of carbonyl (C=O) groups excluding carboxylic acids is 2. The first-order chi connectivity index (χ1) is 14.0. The normalized spacial score (nSPS) is 10.3. The molecule has 0 heterocycles. The number of carbonyl (C=O) groups is 2. The van der Waals surface area contributed by atoms with Crippen molar-refractivity contribution < 1.29 is 28.5 Å². The molecule has 154 valence electrons. The second-order valence-corrected chi connectivity index (χ2v) is 5.65. The smallest absolute Gasteiger partial charge is 0.259 e. The van der Waals surface area contributed by atoms with E-state index in [4.69, 9.17) is 18.9 Å². The molecular formula is C20H23N3O6. The van der Waals surface area contributed by atoms with Gasteiger partial charge in [0.1, 0.15) is 11.5 Å². The Labute approximate surface area is 168 Å². The Hall–Kier alpha value is -3.75. The zero-order valence-corrected chi connectivity index (χ0v) is 16.6. The second-order valence-electron chi connectivity index (χ2n) is 5.65. The summed E-state index contributed by atoms with van der Waals surface area (Å²) in [5.41, 5.74) is 3.30. The molecule has 0 radical (unpaired) electrons. The summed E-state index contributed by atoms with van der Waals surface area (Å²) < 4.78 is 20.7. The van der Waals surface area contributed by atoms with E-state index in [-0.39, 0.29) is 6.54 Å². The number of benzene rings is 2. The molecule has 0 spiro atoms. The van der Waals surface area contributed by atoms with Crippen molar-refractivity contribution in [2.24, 2.45) is 5.10 Å². The SMILES string of the molecule is COc1ccc(OC)c(/C=N\NC(=O)CNC(=O)c2ccc(OC)c(OC)c2)c1. The first kappa shape index (κ1) is 21.5. The topological polar surface area (TPSA) is 107 Å². The molecule has 2 aromatic rings. The summed E-state index contributed by atoms with van der Waals surface area (Å²) in [5, 5.41) is 6.39. The van der Waals surface area contributed by atoms with Crippen molar-refractivity contribution in [1.29, 1.82) is 0 Å². The molecule has 29 heavy (non-hydrogen) atoms. The molecule has 0 saturated heterocycles. The Balaban J connectivity index is 1.92. The van der Waals surface area contributed by atoms with Crippen LogP contribution in [0.5, 0.6) is 23.0 Å². The van der Waals surface area contributed by atoms with Gasteiger partial charge in [-0.25, -0.2) is 5.43 Å². The van der Waals surface area contributed by atoms with Crippen LogP contribution in [-0.4, -0.2) is 53.0 Å². The number of nitrogens with zero attached hydrogens (tertiary/aromatic N) is 1. The van der Waals surface area contributed by atoms with Crippen molar-refractivity contribution in [2.75, 3.05) is 35.0 Å². The Morgan fingerprint density at radius 3 is 2.24 bits per heavy atom. The van der Waals surface area contributed by atoms with Crippen molar-refractivity contribution in [3.05, 3.63) is 47.5 Å². The van der Waals surface area contributed by atoms with Gasteiger partial charge in [0.2, 0.25) is 0 Å². The lowest BCUT2D eigenvalue weighted by molar-refractivity contribution is -0.120. The Kier molecular flexibility index (Phi) is 7.84. The predicted molar refractivity (Wildman–Crippen MR) is 107 cm³/mol. The second kappa shape index (κ2) is 10.5. The molecular weight excluding hydrogens is 378 g/mol. The quantitative estimate of drug-likeness (QED) is 0.488. The maximum atomic E-state index is 12.2. The largest absolute Gasteiger partial charge is 0.497 e. The van der Waals surface area contributed by atoms with Crippen LogP contribution < -0.4 is 29.7 Å². The van der Waals surface area contributed by atoms with E-state index >= 15 is 0 Å². The molecule has 0 unspecified atom stereocenters. The van der Waals surface area contributed by atoms with Crippen LogP contribution in [0, 0.1) is 0 Å². The van der Waals surface area contributed by atoms with E-state index < -0.39 is 11.8 Å². The monoisotopic (exact) mass is 401 g/mol. The summed E-state index contributed by atoms with van der Waals surface area (Å²) >= 11 is 0. The van der Waals surface area contributed by atoms with Crippen molar-refractivity contribution in [2.45, 2.75) is 0 Å². The lowest BCUT2D eigenvalue weighted by Crippen LogP contribution is -2.34. The van der Waals surface area contributed by atoms with Gasteiger partial charge in [-0.1, -0.05) is 0 Å². The van der Waals surface area contributed by atoms with Gasteiger partial charge in [-0.2, -0.15) is 5.10 Å². The third-order valence-electron chi connectivity index (χ3n) is 3.88. The average Bonchev–Trinajstić information content (AvgIpc) is 2.76. The van der Waals surface area contributed by atoms with Crippen molar-refractivity contribution in [3.8, 4) is 23.0 Å². The molecule has 9 heteroatoms. The third-order valence-corrected chi connectivity index (χ3v) is 3.88. The highest BCUT2D eigenvalue weighted by Crippen LogP contribution is 2.27. The van der Waals surface area contributed by atoms with Gasteiger partial charge in [0.15, 0.2) is 11.5 Å². The van der Waals surface area contributed by atoms with Crippen LogP contribution in [-0.2, 0) is 4.79 Å². The van der Waals surface area contributed by atoms with Gasteiger partial charge in [0.25, 0.3) is 11.8 Å². The van der Waals surface area contributed by atoms with Crippen LogP contribution in [0.3, 0.4) is 0 Å². The number of hydrazone groups is 1. The number of nitrogens with one attached hydrogen (secondary N) is 2. The third kappa shape index (κ3) is 5.86. The first-order valence-corrected chi connectivity index (χ1v) is 8.56. The van der Waals surface area contributed by atoms with Crippen molar-refractivity contribution in [3.63, 3.8) is 0 Å². The lowest BCUT2D eigenvalue weighted by atomic mass is 10.2. The highest BCUT2D eigenvalue weighted by molar-refractivity contribution is 5.97. The minimum atomic E-state index is -0.489. The number of ether oxygens (including phenoxy) is 4. The van der Waals surface area contributed by atoms with Gasteiger partial charge in [-0.05, 0) is 36.4 Å². The summed E-state index contributed by atoms with van der Waals surface area (Å²) in [5.74, 6) is 1.20. The highest BCUT2D eigenvalue weighted by Gasteiger charge is 2.12. The van der Waals surface area contributed by atoms with Crippen LogP contribution in [0.15, 0.2) is 41.5 Å². The van der Waals surface area contributed by atoms with E-state index in [2.05, 4.69) is 15.8 Å². The molecule has 0 fully saturated rings. The minimum Gasteiger partial charge on any atom is -0.497 e. The first-order valence-electron chi connectivity index (χ1n) is 8.56. The van der Waals surface area contributed by atoms with Crippen LogP contribution in [0.2, 0.25) is 0 Å². The van der Waals surface area contributed by atoms with E-state index in [1.807, 2.05) is 0 Å². The van der Waals surface area contributed by atoms with Crippen LogP contribution in [0.1, 0.15) is 15.9 Å². The maximum absolute atomic E-state index is 12.2. The summed E-state index contributed by atoms with van der Waals surface area (Å²) in [4.78, 5) is 24.1. The molecule has 0 bridgehead atoms. The maximum Gasteiger partial charge on any atom is 0.259 e. The number of amides is 2. The highest BCUT2D eigenvalue weighted by atomic mass is 16.5. The predicted octanol–water partition coefficient (Wildman–Crippen LogP) is 1.60. The van der Waals surface area contributed by atoms with Gasteiger partial charge >= 0.3 is 0 Å². The summed E-state index contributed by atoms with van der Waals surface area (Å²) in [6.45, 7) is -0.250.